The molecule has 11 heteroatoms. The minimum absolute atomic E-state index is 0.0628. The number of esters is 2. The molecule has 0 radical (unpaired) electrons. The van der Waals surface area contributed by atoms with Crippen LogP contribution in [0.3, 0.4) is 0 Å². The molecule has 0 aromatic heterocycles. The summed E-state index contributed by atoms with van der Waals surface area (Å²) in [7, 11) is 3.14. The fourth-order valence-electron chi connectivity index (χ4n) is 5.75. The van der Waals surface area contributed by atoms with Crippen molar-refractivity contribution in [3.63, 3.8) is 0 Å². The van der Waals surface area contributed by atoms with Gasteiger partial charge in [0.1, 0.15) is 11.5 Å². The number of piperidine rings is 1. The zero-order valence-corrected chi connectivity index (χ0v) is 26.2. The molecular weight excluding hydrogens is 582 g/mol. The number of amides is 1. The molecule has 1 saturated heterocycles. The third kappa shape index (κ3) is 6.33. The Morgan fingerprint density at radius 3 is 2.48 bits per heavy atom. The van der Waals surface area contributed by atoms with Crippen molar-refractivity contribution in [2.24, 2.45) is 10.9 Å². The fraction of sp³-hybridized carbons (Fsp3) is 0.394. The van der Waals surface area contributed by atoms with Crippen LogP contribution in [-0.4, -0.2) is 73.3 Å². The summed E-state index contributed by atoms with van der Waals surface area (Å²) in [6, 6.07) is 14.3. The molecule has 10 nitrogen and oxygen atoms in total. The van der Waals surface area contributed by atoms with E-state index in [1.165, 1.54) is 11.8 Å². The number of thioether (sulfide) groups is 1. The van der Waals surface area contributed by atoms with Gasteiger partial charge in [0, 0.05) is 36.0 Å². The minimum Gasteiger partial charge on any atom is -0.497 e. The molecule has 0 spiro atoms. The number of methoxy groups -OCH3 is 2. The van der Waals surface area contributed by atoms with Gasteiger partial charge in [-0.25, -0.2) is 9.79 Å². The Labute approximate surface area is 261 Å². The molecule has 0 N–H and O–H groups in total. The second-order valence-electron chi connectivity index (χ2n) is 10.5. The number of aliphatic imine (C=N–C) groups is 1. The molecule has 1 amide bonds. The highest BCUT2D eigenvalue weighted by Gasteiger charge is 2.44. The maximum absolute atomic E-state index is 13.8. The fourth-order valence-corrected chi connectivity index (χ4v) is 6.67. The Kier molecular flexibility index (Phi) is 9.94. The van der Waals surface area contributed by atoms with Crippen LogP contribution in [-0.2, 0) is 23.9 Å². The van der Waals surface area contributed by atoms with Crippen LogP contribution < -0.4 is 9.47 Å². The first-order chi connectivity index (χ1) is 21.4. The van der Waals surface area contributed by atoms with Crippen molar-refractivity contribution in [3.05, 3.63) is 76.3 Å². The van der Waals surface area contributed by atoms with Crippen molar-refractivity contribution >= 4 is 40.5 Å². The average Bonchev–Trinajstić information content (AvgIpc) is 3.46. The molecule has 44 heavy (non-hydrogen) atoms. The molecule has 2 aromatic carbocycles. The number of likely N-dealkylation sites (tertiary alicyclic amines) is 1. The Hall–Kier alpha value is -4.25. The monoisotopic (exact) mass is 619 g/mol. The summed E-state index contributed by atoms with van der Waals surface area (Å²) in [6.45, 7) is 4.92. The smallest absolute Gasteiger partial charge is 0.338 e. The molecule has 5 rings (SSSR count). The molecule has 1 fully saturated rings. The maximum Gasteiger partial charge on any atom is 0.338 e. The lowest BCUT2D eigenvalue weighted by Crippen LogP contribution is -2.44. The minimum atomic E-state index is -0.708. The van der Waals surface area contributed by atoms with Crippen LogP contribution in [0.2, 0.25) is 0 Å². The van der Waals surface area contributed by atoms with Gasteiger partial charge in [0.25, 0.3) is 0 Å². The van der Waals surface area contributed by atoms with Crippen LogP contribution in [0.25, 0.3) is 5.70 Å². The predicted octanol–water partition coefficient (Wildman–Crippen LogP) is 5.17. The second-order valence-corrected chi connectivity index (χ2v) is 11.3. The number of hydrogen-bond donors (Lipinski definition) is 0. The molecule has 2 aromatic rings. The van der Waals surface area contributed by atoms with Crippen molar-refractivity contribution in [1.29, 1.82) is 0 Å². The Morgan fingerprint density at radius 1 is 1.00 bits per heavy atom. The third-order valence-corrected chi connectivity index (χ3v) is 8.70. The summed E-state index contributed by atoms with van der Waals surface area (Å²) in [6.07, 6.45) is 1.48. The first-order valence-electron chi connectivity index (χ1n) is 14.8. The van der Waals surface area contributed by atoms with Crippen molar-refractivity contribution < 1.29 is 33.3 Å². The van der Waals surface area contributed by atoms with E-state index in [1.54, 1.807) is 39.0 Å². The number of ether oxygens (including phenoxy) is 4. The van der Waals surface area contributed by atoms with Crippen LogP contribution in [0.4, 0.5) is 0 Å². The van der Waals surface area contributed by atoms with Crippen LogP contribution in [0.5, 0.6) is 11.5 Å². The molecule has 3 aliphatic heterocycles. The van der Waals surface area contributed by atoms with E-state index < -0.39 is 12.0 Å². The van der Waals surface area contributed by atoms with Crippen molar-refractivity contribution in [3.8, 4) is 11.5 Å². The largest absolute Gasteiger partial charge is 0.497 e. The molecule has 232 valence electrons. The normalized spacial score (nSPS) is 19.5. The molecule has 2 unspecified atom stereocenters. The number of fused-ring (bicyclic) bond motifs is 1. The zero-order valence-electron chi connectivity index (χ0n) is 25.4. The summed E-state index contributed by atoms with van der Waals surface area (Å²) in [5, 5.41) is 2.54. The summed E-state index contributed by atoms with van der Waals surface area (Å²) in [5.41, 5.74) is 2.99. The van der Waals surface area contributed by atoms with Crippen molar-refractivity contribution in [1.82, 2.24) is 9.80 Å². The van der Waals surface area contributed by atoms with E-state index in [0.717, 1.165) is 12.0 Å². The number of amidine groups is 1. The molecular formula is C33H37N3O7S. The van der Waals surface area contributed by atoms with Crippen molar-refractivity contribution in [2.75, 3.05) is 40.5 Å². The third-order valence-electron chi connectivity index (χ3n) is 7.81. The van der Waals surface area contributed by atoms with E-state index in [-0.39, 0.29) is 30.8 Å². The van der Waals surface area contributed by atoms with Crippen LogP contribution in [0, 0.1) is 5.92 Å². The summed E-state index contributed by atoms with van der Waals surface area (Å²) >= 11 is 1.40. The Morgan fingerprint density at radius 2 is 1.77 bits per heavy atom. The van der Waals surface area contributed by atoms with E-state index in [1.807, 2.05) is 52.8 Å². The molecule has 3 aliphatic rings. The number of nitrogens with zero attached hydrogens (tertiary/aromatic N) is 3. The Balaban J connectivity index is 1.56. The van der Waals surface area contributed by atoms with Crippen molar-refractivity contribution in [2.45, 2.75) is 39.2 Å². The zero-order chi connectivity index (χ0) is 31.2. The number of benzene rings is 2. The van der Waals surface area contributed by atoms with E-state index in [9.17, 15) is 14.4 Å². The van der Waals surface area contributed by atoms with Gasteiger partial charge in [0.05, 0.1) is 57.1 Å². The predicted molar refractivity (Wildman–Crippen MR) is 168 cm³/mol. The van der Waals surface area contributed by atoms with Gasteiger partial charge < -0.3 is 28.7 Å². The molecule has 0 saturated carbocycles. The van der Waals surface area contributed by atoms with Gasteiger partial charge in [0.2, 0.25) is 5.91 Å². The summed E-state index contributed by atoms with van der Waals surface area (Å²) in [5.74, 6) is -0.106. The van der Waals surface area contributed by atoms with Gasteiger partial charge in [-0.15, -0.1) is 0 Å². The average molecular weight is 620 g/mol. The van der Waals surface area contributed by atoms with Crippen LogP contribution in [0.15, 0.2) is 70.2 Å². The molecule has 2 atom stereocenters. The van der Waals surface area contributed by atoms with E-state index in [2.05, 4.69) is 0 Å². The Bertz CT molecular complexity index is 1500. The second kappa shape index (κ2) is 14.0. The lowest BCUT2D eigenvalue weighted by Gasteiger charge is -2.38. The topological polar surface area (TPSA) is 107 Å². The van der Waals surface area contributed by atoms with Gasteiger partial charge >= 0.3 is 11.9 Å². The van der Waals surface area contributed by atoms with Crippen LogP contribution >= 0.6 is 11.8 Å². The quantitative estimate of drug-likeness (QED) is 0.333. The first kappa shape index (κ1) is 31.2. The van der Waals surface area contributed by atoms with Crippen LogP contribution in [0.1, 0.15) is 50.3 Å². The SMILES string of the molecule is CCOC(=O)C1=C(c2ccccc2)N=C2SC=C(CC(=O)N3CCCC(C(=O)OCC)C3)N2C1c1ccc(OC)cc1OC. The summed E-state index contributed by atoms with van der Waals surface area (Å²) in [4.78, 5) is 48.6. The number of rotatable bonds is 10. The number of carbonyl (C=O) groups excluding carboxylic acids is 3. The van der Waals surface area contributed by atoms with Gasteiger partial charge in [-0.05, 0) is 44.2 Å². The lowest BCUT2D eigenvalue weighted by molar-refractivity contribution is -0.151. The standard InChI is InChI=1S/C33H37N3O7S/c1-5-42-31(38)22-13-10-16-35(19-22)27(37)17-23-20-44-33-34-29(21-11-8-7-9-12-21)28(32(39)43-6-2)30(36(23)33)25-15-14-24(40-3)18-26(25)41-4/h7-9,11-12,14-15,18,20,22,30H,5-6,10,13,16-17,19H2,1-4H3. The molecule has 3 heterocycles. The van der Waals surface area contributed by atoms with Gasteiger partial charge in [0.15, 0.2) is 5.17 Å². The van der Waals surface area contributed by atoms with Gasteiger partial charge in [-0.3, -0.25) is 9.59 Å². The maximum atomic E-state index is 13.8. The van der Waals surface area contributed by atoms with E-state index >= 15 is 0 Å². The summed E-state index contributed by atoms with van der Waals surface area (Å²) < 4.78 is 22.1. The van der Waals surface area contributed by atoms with Gasteiger partial charge in [-0.2, -0.15) is 0 Å². The molecule has 0 bridgehead atoms. The number of carbonyl (C=O) groups is 3. The lowest BCUT2D eigenvalue weighted by atomic mass is 9.90. The van der Waals surface area contributed by atoms with Gasteiger partial charge in [-0.1, -0.05) is 42.1 Å². The highest BCUT2D eigenvalue weighted by atomic mass is 32.2. The highest BCUT2D eigenvalue weighted by molar-refractivity contribution is 8.16. The molecule has 0 aliphatic carbocycles. The highest BCUT2D eigenvalue weighted by Crippen LogP contribution is 2.49. The van der Waals surface area contributed by atoms with E-state index in [0.29, 0.717) is 65.3 Å². The number of hydrogen-bond acceptors (Lipinski definition) is 10. The van der Waals surface area contributed by atoms with E-state index in [4.69, 9.17) is 23.9 Å². The first-order valence-corrected chi connectivity index (χ1v) is 15.6.